The highest BCUT2D eigenvalue weighted by Crippen LogP contribution is 2.23. The SMILES string of the molecule is COc1cc(CN2CC=CCC2)cc(OC)c1. The topological polar surface area (TPSA) is 21.7 Å². The lowest BCUT2D eigenvalue weighted by Gasteiger charge is -2.23. The summed E-state index contributed by atoms with van der Waals surface area (Å²) in [5.41, 5.74) is 1.23. The Bertz CT molecular complexity index is 379. The summed E-state index contributed by atoms with van der Waals surface area (Å²) in [6, 6.07) is 6.04. The number of nitrogens with zero attached hydrogens (tertiary/aromatic N) is 1. The van der Waals surface area contributed by atoms with Gasteiger partial charge in [-0.05, 0) is 24.1 Å². The molecule has 0 amide bonds. The van der Waals surface area contributed by atoms with Gasteiger partial charge in [-0.25, -0.2) is 0 Å². The van der Waals surface area contributed by atoms with Crippen LogP contribution >= 0.6 is 0 Å². The molecular formula is C14H19NO2. The van der Waals surface area contributed by atoms with Crippen LogP contribution < -0.4 is 9.47 Å². The van der Waals surface area contributed by atoms with Crippen molar-refractivity contribution in [3.63, 3.8) is 0 Å². The van der Waals surface area contributed by atoms with Gasteiger partial charge >= 0.3 is 0 Å². The third-order valence-electron chi connectivity index (χ3n) is 2.96. The van der Waals surface area contributed by atoms with Crippen molar-refractivity contribution in [2.24, 2.45) is 0 Å². The molecule has 0 fully saturated rings. The van der Waals surface area contributed by atoms with Gasteiger partial charge in [-0.3, -0.25) is 4.90 Å². The molecule has 0 aliphatic carbocycles. The largest absolute Gasteiger partial charge is 0.497 e. The maximum absolute atomic E-state index is 5.27. The molecule has 1 aliphatic rings. The van der Waals surface area contributed by atoms with E-state index >= 15 is 0 Å². The van der Waals surface area contributed by atoms with Crippen molar-refractivity contribution >= 4 is 0 Å². The molecule has 0 bridgehead atoms. The highest BCUT2D eigenvalue weighted by molar-refractivity contribution is 5.38. The molecule has 0 radical (unpaired) electrons. The Hall–Kier alpha value is -1.48. The van der Waals surface area contributed by atoms with E-state index in [1.54, 1.807) is 14.2 Å². The fourth-order valence-electron chi connectivity index (χ4n) is 2.05. The molecule has 1 heterocycles. The average molecular weight is 233 g/mol. The van der Waals surface area contributed by atoms with Crippen molar-refractivity contribution < 1.29 is 9.47 Å². The minimum atomic E-state index is 0.854. The average Bonchev–Trinajstić information content (AvgIpc) is 2.39. The highest BCUT2D eigenvalue weighted by Gasteiger charge is 2.08. The first-order valence-electron chi connectivity index (χ1n) is 5.91. The van der Waals surface area contributed by atoms with Crippen molar-refractivity contribution in [2.45, 2.75) is 13.0 Å². The Balaban J connectivity index is 2.11. The Morgan fingerprint density at radius 3 is 2.29 bits per heavy atom. The molecule has 0 N–H and O–H groups in total. The summed E-state index contributed by atoms with van der Waals surface area (Å²) >= 11 is 0. The summed E-state index contributed by atoms with van der Waals surface area (Å²) in [5.74, 6) is 1.71. The lowest BCUT2D eigenvalue weighted by atomic mass is 10.1. The molecule has 2 rings (SSSR count). The van der Waals surface area contributed by atoms with Crippen LogP contribution in [0.25, 0.3) is 0 Å². The first-order valence-corrected chi connectivity index (χ1v) is 5.91. The van der Waals surface area contributed by atoms with E-state index in [-0.39, 0.29) is 0 Å². The number of rotatable bonds is 4. The van der Waals surface area contributed by atoms with Gasteiger partial charge in [0, 0.05) is 25.7 Å². The van der Waals surface area contributed by atoms with Crippen molar-refractivity contribution in [1.82, 2.24) is 4.90 Å². The molecule has 1 aliphatic heterocycles. The van der Waals surface area contributed by atoms with E-state index < -0.39 is 0 Å². The first-order chi connectivity index (χ1) is 8.31. The van der Waals surface area contributed by atoms with Crippen LogP contribution in [-0.2, 0) is 6.54 Å². The maximum Gasteiger partial charge on any atom is 0.122 e. The number of hydrogen-bond acceptors (Lipinski definition) is 3. The predicted molar refractivity (Wildman–Crippen MR) is 68.6 cm³/mol. The summed E-state index contributed by atoms with van der Waals surface area (Å²) in [6.07, 6.45) is 5.60. The van der Waals surface area contributed by atoms with Gasteiger partial charge in [0.05, 0.1) is 14.2 Å². The molecule has 0 atom stereocenters. The van der Waals surface area contributed by atoms with E-state index in [0.29, 0.717) is 0 Å². The maximum atomic E-state index is 5.27. The molecular weight excluding hydrogens is 214 g/mol. The monoisotopic (exact) mass is 233 g/mol. The molecule has 3 heteroatoms. The zero-order valence-corrected chi connectivity index (χ0v) is 10.5. The molecule has 0 spiro atoms. The summed E-state index contributed by atoms with van der Waals surface area (Å²) < 4.78 is 10.5. The van der Waals surface area contributed by atoms with Gasteiger partial charge in [0.2, 0.25) is 0 Å². The Morgan fingerprint density at radius 2 is 1.76 bits per heavy atom. The van der Waals surface area contributed by atoms with E-state index in [4.69, 9.17) is 9.47 Å². The van der Waals surface area contributed by atoms with Gasteiger partial charge in [-0.2, -0.15) is 0 Å². The molecule has 0 saturated heterocycles. The Labute approximate surface area is 103 Å². The Morgan fingerprint density at radius 1 is 1.06 bits per heavy atom. The van der Waals surface area contributed by atoms with Crippen molar-refractivity contribution in [2.75, 3.05) is 27.3 Å². The lowest BCUT2D eigenvalue weighted by Crippen LogP contribution is -2.26. The molecule has 3 nitrogen and oxygen atoms in total. The minimum absolute atomic E-state index is 0.854. The third kappa shape index (κ3) is 3.24. The van der Waals surface area contributed by atoms with Crippen LogP contribution in [-0.4, -0.2) is 32.2 Å². The van der Waals surface area contributed by atoms with Crippen molar-refractivity contribution in [3.8, 4) is 11.5 Å². The van der Waals surface area contributed by atoms with E-state index in [0.717, 1.165) is 37.6 Å². The van der Waals surface area contributed by atoms with Gasteiger partial charge in [0.1, 0.15) is 11.5 Å². The van der Waals surface area contributed by atoms with Crippen LogP contribution in [0.5, 0.6) is 11.5 Å². The lowest BCUT2D eigenvalue weighted by molar-refractivity contribution is 0.289. The van der Waals surface area contributed by atoms with Crippen LogP contribution in [0, 0.1) is 0 Å². The van der Waals surface area contributed by atoms with Crippen LogP contribution in [0.4, 0.5) is 0 Å². The molecule has 1 aromatic carbocycles. The highest BCUT2D eigenvalue weighted by atomic mass is 16.5. The second-order valence-electron chi connectivity index (χ2n) is 4.22. The quantitative estimate of drug-likeness (QED) is 0.746. The number of ether oxygens (including phenoxy) is 2. The van der Waals surface area contributed by atoms with Crippen molar-refractivity contribution in [3.05, 3.63) is 35.9 Å². The molecule has 1 aromatic rings. The van der Waals surface area contributed by atoms with Crippen LogP contribution in [0.2, 0.25) is 0 Å². The summed E-state index contributed by atoms with van der Waals surface area (Å²) in [6.45, 7) is 3.09. The van der Waals surface area contributed by atoms with Gasteiger partial charge in [0.25, 0.3) is 0 Å². The van der Waals surface area contributed by atoms with Gasteiger partial charge < -0.3 is 9.47 Å². The second-order valence-corrected chi connectivity index (χ2v) is 4.22. The molecule has 0 unspecified atom stereocenters. The third-order valence-corrected chi connectivity index (χ3v) is 2.96. The van der Waals surface area contributed by atoms with Crippen LogP contribution in [0.3, 0.4) is 0 Å². The van der Waals surface area contributed by atoms with E-state index in [9.17, 15) is 0 Å². The standard InChI is InChI=1S/C14H19NO2/c1-16-13-8-12(9-14(10-13)17-2)11-15-6-4-3-5-7-15/h3-4,8-10H,5-7,11H2,1-2H3. The van der Waals surface area contributed by atoms with E-state index in [2.05, 4.69) is 29.2 Å². The van der Waals surface area contributed by atoms with Gasteiger partial charge in [-0.15, -0.1) is 0 Å². The normalized spacial score (nSPS) is 15.9. The van der Waals surface area contributed by atoms with Crippen LogP contribution in [0.1, 0.15) is 12.0 Å². The fraction of sp³-hybridized carbons (Fsp3) is 0.429. The number of hydrogen-bond donors (Lipinski definition) is 0. The molecule has 0 aromatic heterocycles. The predicted octanol–water partition coefficient (Wildman–Crippen LogP) is 2.47. The van der Waals surface area contributed by atoms with E-state index in [1.165, 1.54) is 5.56 Å². The van der Waals surface area contributed by atoms with Gasteiger partial charge in [0.15, 0.2) is 0 Å². The van der Waals surface area contributed by atoms with Crippen molar-refractivity contribution in [1.29, 1.82) is 0 Å². The summed E-state index contributed by atoms with van der Waals surface area (Å²) in [4.78, 5) is 2.41. The molecule has 92 valence electrons. The van der Waals surface area contributed by atoms with E-state index in [1.807, 2.05) is 6.07 Å². The van der Waals surface area contributed by atoms with Crippen LogP contribution in [0.15, 0.2) is 30.4 Å². The summed E-state index contributed by atoms with van der Waals surface area (Å²) in [5, 5.41) is 0. The Kier molecular flexibility index (Phi) is 4.04. The second kappa shape index (κ2) is 5.73. The zero-order chi connectivity index (χ0) is 12.1. The molecule has 17 heavy (non-hydrogen) atoms. The number of benzene rings is 1. The summed E-state index contributed by atoms with van der Waals surface area (Å²) in [7, 11) is 3.37. The smallest absolute Gasteiger partial charge is 0.122 e. The number of methoxy groups -OCH3 is 2. The van der Waals surface area contributed by atoms with Gasteiger partial charge in [-0.1, -0.05) is 12.2 Å². The molecule has 0 saturated carbocycles. The fourth-order valence-corrected chi connectivity index (χ4v) is 2.05. The first kappa shape index (κ1) is 12.0. The minimum Gasteiger partial charge on any atom is -0.497 e. The zero-order valence-electron chi connectivity index (χ0n) is 10.5.